The lowest BCUT2D eigenvalue weighted by Crippen LogP contribution is -2.35. The molecule has 1 amide bonds. The molecule has 120 valence electrons. The maximum Gasteiger partial charge on any atom is 0.259 e. The fourth-order valence-electron chi connectivity index (χ4n) is 4.01. The van der Waals surface area contributed by atoms with E-state index in [0.717, 1.165) is 37.9 Å². The van der Waals surface area contributed by atoms with E-state index in [9.17, 15) is 9.59 Å². The summed E-state index contributed by atoms with van der Waals surface area (Å²) in [6.45, 7) is 3.68. The van der Waals surface area contributed by atoms with Crippen LogP contribution < -0.4 is 5.43 Å². The summed E-state index contributed by atoms with van der Waals surface area (Å²) >= 11 is 0. The molecule has 0 saturated carbocycles. The summed E-state index contributed by atoms with van der Waals surface area (Å²) in [6.07, 6.45) is 7.15. The number of para-hydroxylation sites is 1. The fourth-order valence-corrected chi connectivity index (χ4v) is 4.01. The number of pyridine rings is 1. The summed E-state index contributed by atoms with van der Waals surface area (Å²) in [5.74, 6) is -0.0907. The van der Waals surface area contributed by atoms with Gasteiger partial charge in [-0.15, -0.1) is 0 Å². The molecule has 1 saturated heterocycles. The molecule has 0 radical (unpaired) electrons. The average molecular weight is 310 g/mol. The molecule has 0 N–H and O–H groups in total. The summed E-state index contributed by atoms with van der Waals surface area (Å²) in [4.78, 5) is 27.7. The normalized spacial score (nSPS) is 20.7. The second-order valence-corrected chi connectivity index (χ2v) is 6.85. The van der Waals surface area contributed by atoms with Crippen molar-refractivity contribution in [1.82, 2.24) is 9.47 Å². The quantitative estimate of drug-likeness (QED) is 0.812. The molecule has 1 atom stereocenters. The molecule has 0 spiro atoms. The Hall–Kier alpha value is -2.10. The van der Waals surface area contributed by atoms with Crippen molar-refractivity contribution in [3.05, 3.63) is 45.7 Å². The number of hydrogen-bond acceptors (Lipinski definition) is 2. The van der Waals surface area contributed by atoms with E-state index in [1.54, 1.807) is 6.20 Å². The van der Waals surface area contributed by atoms with Crippen molar-refractivity contribution in [2.24, 2.45) is 0 Å². The standard InChI is InChI=1S/C19H22N2O2/c1-13-11-14-7-6-8-15-17(14)21(13)12-16(18(15)22)19(23)20-9-4-2-3-5-10-20/h6-8,12-13H,2-5,9-11H2,1H3. The zero-order chi connectivity index (χ0) is 16.0. The average Bonchev–Trinajstić information content (AvgIpc) is 2.75. The zero-order valence-corrected chi connectivity index (χ0v) is 13.5. The van der Waals surface area contributed by atoms with Gasteiger partial charge in [0.05, 0.1) is 5.52 Å². The Kier molecular flexibility index (Phi) is 3.47. The minimum Gasteiger partial charge on any atom is -0.343 e. The molecule has 2 aromatic rings. The van der Waals surface area contributed by atoms with Crippen LogP contribution in [0.25, 0.3) is 10.9 Å². The molecule has 2 aliphatic heterocycles. The SMILES string of the molecule is CC1Cc2cccc3c(=O)c(C(=O)N4CCCCCC4)cn1c23. The van der Waals surface area contributed by atoms with Gasteiger partial charge in [0.15, 0.2) is 0 Å². The Morgan fingerprint density at radius 1 is 1.13 bits per heavy atom. The largest absolute Gasteiger partial charge is 0.343 e. The highest BCUT2D eigenvalue weighted by atomic mass is 16.2. The van der Waals surface area contributed by atoms with Crippen LogP contribution in [-0.4, -0.2) is 28.5 Å². The van der Waals surface area contributed by atoms with Gasteiger partial charge in [0, 0.05) is 30.7 Å². The summed E-state index contributed by atoms with van der Waals surface area (Å²) < 4.78 is 2.12. The molecule has 1 aromatic heterocycles. The zero-order valence-electron chi connectivity index (χ0n) is 13.5. The van der Waals surface area contributed by atoms with E-state index in [-0.39, 0.29) is 11.3 Å². The van der Waals surface area contributed by atoms with E-state index in [0.29, 0.717) is 17.0 Å². The van der Waals surface area contributed by atoms with Crippen molar-refractivity contribution >= 4 is 16.8 Å². The summed E-state index contributed by atoms with van der Waals surface area (Å²) in [5, 5.41) is 0.688. The molecular formula is C19H22N2O2. The highest BCUT2D eigenvalue weighted by Gasteiger charge is 2.26. The monoisotopic (exact) mass is 310 g/mol. The molecule has 0 bridgehead atoms. The van der Waals surface area contributed by atoms with Crippen LogP contribution in [0.4, 0.5) is 0 Å². The van der Waals surface area contributed by atoms with Gasteiger partial charge in [-0.05, 0) is 37.8 Å². The van der Waals surface area contributed by atoms with Crippen LogP contribution in [0.5, 0.6) is 0 Å². The number of carbonyl (C=O) groups excluding carboxylic acids is 1. The van der Waals surface area contributed by atoms with Gasteiger partial charge < -0.3 is 9.47 Å². The number of carbonyl (C=O) groups is 1. The van der Waals surface area contributed by atoms with Gasteiger partial charge in [0.1, 0.15) is 5.56 Å². The third kappa shape index (κ3) is 2.28. The number of benzene rings is 1. The fraction of sp³-hybridized carbons (Fsp3) is 0.474. The Labute approximate surface area is 135 Å². The number of rotatable bonds is 1. The Balaban J connectivity index is 1.84. The lowest BCUT2D eigenvalue weighted by Gasteiger charge is -2.21. The minimum absolute atomic E-state index is 0.0907. The molecule has 1 fully saturated rings. The predicted molar refractivity (Wildman–Crippen MR) is 91.0 cm³/mol. The first-order valence-electron chi connectivity index (χ1n) is 8.63. The molecule has 2 aliphatic rings. The van der Waals surface area contributed by atoms with Gasteiger partial charge in [-0.1, -0.05) is 25.0 Å². The van der Waals surface area contributed by atoms with Gasteiger partial charge in [0.25, 0.3) is 5.91 Å². The van der Waals surface area contributed by atoms with Crippen molar-refractivity contribution in [2.45, 2.75) is 45.1 Å². The first-order valence-corrected chi connectivity index (χ1v) is 8.63. The molecule has 4 nitrogen and oxygen atoms in total. The molecule has 4 heteroatoms. The number of nitrogens with zero attached hydrogens (tertiary/aromatic N) is 2. The van der Waals surface area contributed by atoms with E-state index in [1.807, 2.05) is 17.0 Å². The van der Waals surface area contributed by atoms with Crippen LogP contribution in [0.1, 0.15) is 54.6 Å². The molecule has 4 rings (SSSR count). The maximum atomic E-state index is 12.9. The topological polar surface area (TPSA) is 42.3 Å². The van der Waals surface area contributed by atoms with E-state index < -0.39 is 0 Å². The minimum atomic E-state index is -0.110. The Morgan fingerprint density at radius 3 is 2.61 bits per heavy atom. The van der Waals surface area contributed by atoms with E-state index in [4.69, 9.17) is 0 Å². The van der Waals surface area contributed by atoms with Crippen LogP contribution in [-0.2, 0) is 6.42 Å². The first kappa shape index (κ1) is 14.5. The highest BCUT2D eigenvalue weighted by Crippen LogP contribution is 2.31. The van der Waals surface area contributed by atoms with Gasteiger partial charge in [-0.3, -0.25) is 9.59 Å². The van der Waals surface area contributed by atoms with Crippen molar-refractivity contribution in [3.8, 4) is 0 Å². The van der Waals surface area contributed by atoms with Crippen molar-refractivity contribution in [2.75, 3.05) is 13.1 Å². The molecular weight excluding hydrogens is 288 g/mol. The summed E-state index contributed by atoms with van der Waals surface area (Å²) in [7, 11) is 0. The van der Waals surface area contributed by atoms with Crippen molar-refractivity contribution in [1.29, 1.82) is 0 Å². The first-order chi connectivity index (χ1) is 11.2. The van der Waals surface area contributed by atoms with E-state index in [2.05, 4.69) is 17.6 Å². The third-order valence-electron chi connectivity index (χ3n) is 5.25. The van der Waals surface area contributed by atoms with E-state index in [1.165, 1.54) is 18.4 Å². The van der Waals surface area contributed by atoms with Crippen LogP contribution in [0, 0.1) is 0 Å². The van der Waals surface area contributed by atoms with Gasteiger partial charge >= 0.3 is 0 Å². The van der Waals surface area contributed by atoms with Crippen LogP contribution in [0.3, 0.4) is 0 Å². The van der Waals surface area contributed by atoms with Crippen molar-refractivity contribution < 1.29 is 4.79 Å². The van der Waals surface area contributed by atoms with Gasteiger partial charge in [-0.2, -0.15) is 0 Å². The third-order valence-corrected chi connectivity index (χ3v) is 5.25. The molecule has 0 aliphatic carbocycles. The molecule has 1 unspecified atom stereocenters. The second-order valence-electron chi connectivity index (χ2n) is 6.85. The number of likely N-dealkylation sites (tertiary alicyclic amines) is 1. The van der Waals surface area contributed by atoms with Crippen LogP contribution in [0.15, 0.2) is 29.2 Å². The van der Waals surface area contributed by atoms with Gasteiger partial charge in [0.2, 0.25) is 5.43 Å². The lowest BCUT2D eigenvalue weighted by molar-refractivity contribution is 0.0759. The smallest absolute Gasteiger partial charge is 0.259 e. The van der Waals surface area contributed by atoms with Gasteiger partial charge in [-0.25, -0.2) is 0 Å². The van der Waals surface area contributed by atoms with E-state index >= 15 is 0 Å². The van der Waals surface area contributed by atoms with Crippen molar-refractivity contribution in [3.63, 3.8) is 0 Å². The van der Waals surface area contributed by atoms with Crippen LogP contribution in [0.2, 0.25) is 0 Å². The predicted octanol–water partition coefficient (Wildman–Crippen LogP) is 3.13. The Bertz CT molecular complexity index is 829. The Morgan fingerprint density at radius 2 is 1.87 bits per heavy atom. The molecule has 1 aromatic carbocycles. The summed E-state index contributed by atoms with van der Waals surface area (Å²) in [6, 6.07) is 6.17. The molecule has 23 heavy (non-hydrogen) atoms. The summed E-state index contributed by atoms with van der Waals surface area (Å²) in [5.41, 5.74) is 2.45. The number of hydrogen-bond donors (Lipinski definition) is 0. The van der Waals surface area contributed by atoms with Crippen LogP contribution >= 0.6 is 0 Å². The highest BCUT2D eigenvalue weighted by molar-refractivity contribution is 5.98. The number of amides is 1. The second kappa shape index (κ2) is 5.52. The lowest BCUT2D eigenvalue weighted by atomic mass is 10.1. The molecule has 3 heterocycles. The number of aromatic nitrogens is 1. The maximum absolute atomic E-state index is 12.9.